The van der Waals surface area contributed by atoms with Gasteiger partial charge in [0.1, 0.15) is 16.4 Å². The molecule has 5 nitrogen and oxygen atoms in total. The third-order valence-corrected chi connectivity index (χ3v) is 3.34. The zero-order valence-electron chi connectivity index (χ0n) is 9.99. The predicted molar refractivity (Wildman–Crippen MR) is 72.6 cm³/mol. The lowest BCUT2D eigenvalue weighted by Crippen LogP contribution is -1.98. The quantitative estimate of drug-likeness (QED) is 0.671. The molecule has 0 radical (unpaired) electrons. The Morgan fingerprint density at radius 1 is 1.37 bits per heavy atom. The molecule has 0 bridgehead atoms. The minimum absolute atomic E-state index is 0.00507. The highest BCUT2D eigenvalue weighted by atomic mass is 35.5. The lowest BCUT2D eigenvalue weighted by molar-refractivity contribution is 0.0698. The van der Waals surface area contributed by atoms with Gasteiger partial charge in [-0.15, -0.1) is 0 Å². The van der Waals surface area contributed by atoms with Crippen molar-refractivity contribution in [2.24, 2.45) is 0 Å². The lowest BCUT2D eigenvalue weighted by Gasteiger charge is -1.99. The van der Waals surface area contributed by atoms with Crippen molar-refractivity contribution in [3.63, 3.8) is 0 Å². The monoisotopic (exact) mass is 275 g/mol. The Kier molecular flexibility index (Phi) is 2.57. The van der Waals surface area contributed by atoms with Crippen molar-refractivity contribution in [2.75, 3.05) is 0 Å². The largest absolute Gasteiger partial charge is 0.478 e. The van der Waals surface area contributed by atoms with E-state index in [-0.39, 0.29) is 10.7 Å². The molecule has 0 amide bonds. The van der Waals surface area contributed by atoms with Gasteiger partial charge in [-0.05, 0) is 13.0 Å². The number of hydrogen-bond donors (Lipinski definition) is 3. The van der Waals surface area contributed by atoms with Crippen molar-refractivity contribution < 1.29 is 9.90 Å². The molecule has 6 heteroatoms. The van der Waals surface area contributed by atoms with Crippen LogP contribution in [0, 0.1) is 6.92 Å². The van der Waals surface area contributed by atoms with Crippen LogP contribution in [-0.4, -0.2) is 26.3 Å². The molecule has 3 rings (SSSR count). The fourth-order valence-corrected chi connectivity index (χ4v) is 2.49. The topological polar surface area (TPSA) is 81.8 Å². The second-order valence-electron chi connectivity index (χ2n) is 4.24. The van der Waals surface area contributed by atoms with E-state index in [4.69, 9.17) is 11.6 Å². The number of nitrogens with zero attached hydrogens (tertiary/aromatic N) is 1. The second-order valence-corrected chi connectivity index (χ2v) is 4.61. The molecule has 96 valence electrons. The number of aromatic nitrogens is 3. The number of carboxylic acids is 1. The van der Waals surface area contributed by atoms with Crippen LogP contribution in [0.1, 0.15) is 16.1 Å². The second kappa shape index (κ2) is 4.13. The van der Waals surface area contributed by atoms with Crippen molar-refractivity contribution in [3.05, 3.63) is 40.7 Å². The number of para-hydroxylation sites is 1. The molecule has 0 aliphatic heterocycles. The fraction of sp³-hybridized carbons (Fsp3) is 0.0769. The number of aryl methyl sites for hydroxylation is 1. The van der Waals surface area contributed by atoms with Gasteiger partial charge in [0.2, 0.25) is 0 Å². The molecule has 0 atom stereocenters. The fourth-order valence-electron chi connectivity index (χ4n) is 2.28. The van der Waals surface area contributed by atoms with Gasteiger partial charge >= 0.3 is 5.97 Å². The van der Waals surface area contributed by atoms with E-state index in [1.54, 1.807) is 0 Å². The molecule has 1 aromatic carbocycles. The van der Waals surface area contributed by atoms with Crippen molar-refractivity contribution in [1.29, 1.82) is 0 Å². The van der Waals surface area contributed by atoms with Gasteiger partial charge in [0.25, 0.3) is 0 Å². The Labute approximate surface area is 113 Å². The molecule has 0 saturated carbocycles. The van der Waals surface area contributed by atoms with Crippen LogP contribution in [0.4, 0.5) is 0 Å². The number of fused-ring (bicyclic) bond motifs is 1. The van der Waals surface area contributed by atoms with E-state index in [9.17, 15) is 9.90 Å². The molecule has 0 unspecified atom stereocenters. The van der Waals surface area contributed by atoms with E-state index < -0.39 is 5.97 Å². The van der Waals surface area contributed by atoms with Crippen LogP contribution in [0.15, 0.2) is 24.3 Å². The highest BCUT2D eigenvalue weighted by Gasteiger charge is 2.23. The molecule has 0 aliphatic carbocycles. The van der Waals surface area contributed by atoms with Gasteiger partial charge in [-0.3, -0.25) is 5.10 Å². The summed E-state index contributed by atoms with van der Waals surface area (Å²) in [6, 6.07) is 7.66. The third-order valence-electron chi connectivity index (χ3n) is 3.07. The zero-order chi connectivity index (χ0) is 13.6. The molecule has 2 aromatic heterocycles. The summed E-state index contributed by atoms with van der Waals surface area (Å²) >= 11 is 5.85. The zero-order valence-corrected chi connectivity index (χ0v) is 10.7. The highest BCUT2D eigenvalue weighted by molar-refractivity contribution is 6.33. The Morgan fingerprint density at radius 2 is 2.11 bits per heavy atom. The summed E-state index contributed by atoms with van der Waals surface area (Å²) in [5.41, 5.74) is 2.90. The van der Waals surface area contributed by atoms with Crippen LogP contribution in [0.5, 0.6) is 0 Å². The number of aromatic amines is 2. The first-order chi connectivity index (χ1) is 9.09. The smallest absolute Gasteiger partial charge is 0.341 e. The number of rotatable bonds is 2. The number of carboxylic acid groups (broad SMARTS) is 1. The summed E-state index contributed by atoms with van der Waals surface area (Å²) in [6.45, 7) is 1.88. The first kappa shape index (κ1) is 11.8. The Balaban J connectivity index is 2.37. The van der Waals surface area contributed by atoms with Crippen LogP contribution in [-0.2, 0) is 0 Å². The third kappa shape index (κ3) is 1.70. The first-order valence-electron chi connectivity index (χ1n) is 5.64. The van der Waals surface area contributed by atoms with Crippen molar-refractivity contribution in [2.45, 2.75) is 6.92 Å². The van der Waals surface area contributed by atoms with E-state index >= 15 is 0 Å². The van der Waals surface area contributed by atoms with Gasteiger partial charge < -0.3 is 10.1 Å². The molecular weight excluding hydrogens is 266 g/mol. The SMILES string of the molecule is Cc1[nH]c2ccccc2c1-c1n[nH]c(Cl)c1C(=O)O. The van der Waals surface area contributed by atoms with E-state index in [0.717, 1.165) is 22.2 Å². The Bertz CT molecular complexity index is 788. The number of carbonyl (C=O) groups is 1. The predicted octanol–water partition coefficient (Wildman–Crippen LogP) is 3.22. The lowest BCUT2D eigenvalue weighted by atomic mass is 10.0. The minimum Gasteiger partial charge on any atom is -0.478 e. The maximum atomic E-state index is 11.3. The van der Waals surface area contributed by atoms with E-state index in [1.165, 1.54) is 0 Å². The molecule has 0 spiro atoms. The molecule has 3 N–H and O–H groups in total. The van der Waals surface area contributed by atoms with Crippen LogP contribution in [0.2, 0.25) is 5.15 Å². The maximum absolute atomic E-state index is 11.3. The van der Waals surface area contributed by atoms with Crippen LogP contribution < -0.4 is 0 Å². The Hall–Kier alpha value is -2.27. The molecule has 2 heterocycles. The number of nitrogens with one attached hydrogen (secondary N) is 2. The van der Waals surface area contributed by atoms with Crippen LogP contribution >= 0.6 is 11.6 Å². The summed E-state index contributed by atoms with van der Waals surface area (Å²) in [7, 11) is 0. The number of halogens is 1. The van der Waals surface area contributed by atoms with Gasteiger partial charge in [-0.25, -0.2) is 4.79 Å². The van der Waals surface area contributed by atoms with Crippen LogP contribution in [0.3, 0.4) is 0 Å². The van der Waals surface area contributed by atoms with Crippen LogP contribution in [0.25, 0.3) is 22.2 Å². The first-order valence-corrected chi connectivity index (χ1v) is 6.02. The highest BCUT2D eigenvalue weighted by Crippen LogP contribution is 2.34. The Morgan fingerprint density at radius 3 is 2.84 bits per heavy atom. The van der Waals surface area contributed by atoms with E-state index in [2.05, 4.69) is 15.2 Å². The van der Waals surface area contributed by atoms with Gasteiger partial charge in [0.05, 0.1) is 0 Å². The van der Waals surface area contributed by atoms with Crippen molar-refractivity contribution >= 4 is 28.5 Å². The van der Waals surface area contributed by atoms with Gasteiger partial charge in [-0.1, -0.05) is 29.8 Å². The minimum atomic E-state index is -1.10. The summed E-state index contributed by atoms with van der Waals surface area (Å²) < 4.78 is 0. The average Bonchev–Trinajstić information content (AvgIpc) is 2.88. The van der Waals surface area contributed by atoms with E-state index in [1.807, 2.05) is 31.2 Å². The summed E-state index contributed by atoms with van der Waals surface area (Å²) in [5.74, 6) is -1.10. The molecule has 0 fully saturated rings. The summed E-state index contributed by atoms with van der Waals surface area (Å²) in [4.78, 5) is 14.5. The average molecular weight is 276 g/mol. The molecular formula is C13H10ClN3O2. The van der Waals surface area contributed by atoms with E-state index in [0.29, 0.717) is 5.69 Å². The number of H-pyrrole nitrogens is 2. The van der Waals surface area contributed by atoms with Gasteiger partial charge in [-0.2, -0.15) is 5.10 Å². The van der Waals surface area contributed by atoms with Gasteiger partial charge in [0.15, 0.2) is 0 Å². The summed E-state index contributed by atoms with van der Waals surface area (Å²) in [5, 5.41) is 16.8. The number of hydrogen-bond acceptors (Lipinski definition) is 2. The van der Waals surface area contributed by atoms with Crippen molar-refractivity contribution in [3.8, 4) is 11.3 Å². The molecule has 0 aliphatic rings. The number of aromatic carboxylic acids is 1. The number of benzene rings is 1. The normalized spacial score (nSPS) is 11.1. The molecule has 0 saturated heterocycles. The molecule has 3 aromatic rings. The molecule has 19 heavy (non-hydrogen) atoms. The maximum Gasteiger partial charge on any atom is 0.341 e. The summed E-state index contributed by atoms with van der Waals surface area (Å²) in [6.07, 6.45) is 0. The van der Waals surface area contributed by atoms with Gasteiger partial charge in [0, 0.05) is 22.2 Å². The van der Waals surface area contributed by atoms with Crippen molar-refractivity contribution in [1.82, 2.24) is 15.2 Å². The standard InChI is InChI=1S/C13H10ClN3O2/c1-6-9(7-4-2-3-5-8(7)15-6)11-10(13(18)19)12(14)17-16-11/h2-5,15H,1H3,(H,16,17)(H,18,19).